The quantitative estimate of drug-likeness (QED) is 0.829. The van der Waals surface area contributed by atoms with E-state index in [9.17, 15) is 9.18 Å². The van der Waals surface area contributed by atoms with Crippen LogP contribution in [-0.4, -0.2) is 32.7 Å². The van der Waals surface area contributed by atoms with Gasteiger partial charge in [0.25, 0.3) is 0 Å². The Morgan fingerprint density at radius 2 is 2.35 bits per heavy atom. The second-order valence-electron chi connectivity index (χ2n) is 4.20. The molecule has 0 fully saturated rings. The number of nitrogens with one attached hydrogen (secondary N) is 1. The second kappa shape index (κ2) is 6.05. The van der Waals surface area contributed by atoms with Crippen molar-refractivity contribution in [2.45, 2.75) is 13.5 Å². The molecule has 0 unspecified atom stereocenters. The van der Waals surface area contributed by atoms with Crippen LogP contribution in [-0.2, 0) is 11.3 Å². The van der Waals surface area contributed by atoms with E-state index in [1.807, 2.05) is 0 Å². The van der Waals surface area contributed by atoms with Crippen molar-refractivity contribution in [3.05, 3.63) is 42.2 Å². The van der Waals surface area contributed by atoms with Crippen LogP contribution < -0.4 is 5.32 Å². The number of carbonyl (C=O) groups excluding carboxylic acids is 1. The SMILES string of the molecule is C=CCNC(=O)Cn1nnc(-c2ccc(F)c(C)c2)n1. The van der Waals surface area contributed by atoms with Crippen molar-refractivity contribution in [3.8, 4) is 11.4 Å². The fourth-order valence-corrected chi connectivity index (χ4v) is 1.58. The van der Waals surface area contributed by atoms with Gasteiger partial charge in [-0.15, -0.1) is 16.8 Å². The molecule has 0 radical (unpaired) electrons. The fourth-order valence-electron chi connectivity index (χ4n) is 1.58. The highest BCUT2D eigenvalue weighted by Crippen LogP contribution is 2.17. The van der Waals surface area contributed by atoms with Gasteiger partial charge in [-0.2, -0.15) is 4.80 Å². The molecule has 0 spiro atoms. The first kappa shape index (κ1) is 13.9. The molecule has 0 aliphatic rings. The molecule has 0 bridgehead atoms. The van der Waals surface area contributed by atoms with Crippen LogP contribution in [0.1, 0.15) is 5.56 Å². The molecule has 1 aromatic carbocycles. The maximum atomic E-state index is 13.2. The van der Waals surface area contributed by atoms with E-state index < -0.39 is 0 Å². The Morgan fingerprint density at radius 1 is 1.55 bits per heavy atom. The Hall–Kier alpha value is -2.57. The number of benzene rings is 1. The maximum absolute atomic E-state index is 13.2. The fraction of sp³-hybridized carbons (Fsp3) is 0.231. The van der Waals surface area contributed by atoms with Gasteiger partial charge >= 0.3 is 0 Å². The van der Waals surface area contributed by atoms with Crippen LogP contribution in [0.3, 0.4) is 0 Å². The van der Waals surface area contributed by atoms with Crippen molar-refractivity contribution >= 4 is 5.91 Å². The van der Waals surface area contributed by atoms with Gasteiger partial charge in [-0.1, -0.05) is 6.08 Å². The molecule has 6 nitrogen and oxygen atoms in total. The topological polar surface area (TPSA) is 72.7 Å². The second-order valence-corrected chi connectivity index (χ2v) is 4.20. The minimum atomic E-state index is -0.287. The minimum Gasteiger partial charge on any atom is -0.351 e. The minimum absolute atomic E-state index is 0.0268. The van der Waals surface area contributed by atoms with Gasteiger partial charge in [-0.05, 0) is 35.9 Å². The average Bonchev–Trinajstić information content (AvgIpc) is 2.88. The van der Waals surface area contributed by atoms with E-state index in [0.29, 0.717) is 23.5 Å². The van der Waals surface area contributed by atoms with Gasteiger partial charge < -0.3 is 5.32 Å². The van der Waals surface area contributed by atoms with E-state index in [1.54, 1.807) is 25.1 Å². The Bertz CT molecular complexity index is 637. The molecule has 0 aliphatic heterocycles. The van der Waals surface area contributed by atoms with Crippen molar-refractivity contribution in [1.82, 2.24) is 25.5 Å². The lowest BCUT2D eigenvalue weighted by molar-refractivity contribution is -0.121. The molecule has 1 heterocycles. The summed E-state index contributed by atoms with van der Waals surface area (Å²) in [6.07, 6.45) is 1.58. The number of tetrazole rings is 1. The number of amides is 1. The van der Waals surface area contributed by atoms with Crippen molar-refractivity contribution in [2.24, 2.45) is 0 Å². The first-order chi connectivity index (χ1) is 9.60. The van der Waals surface area contributed by atoms with Crippen molar-refractivity contribution in [3.63, 3.8) is 0 Å². The molecule has 2 aromatic rings. The Morgan fingerprint density at radius 3 is 3.05 bits per heavy atom. The third-order valence-electron chi connectivity index (χ3n) is 2.60. The number of nitrogens with zero attached hydrogens (tertiary/aromatic N) is 4. The summed E-state index contributed by atoms with van der Waals surface area (Å²) in [6, 6.07) is 4.55. The molecule has 0 aliphatic carbocycles. The number of hydrogen-bond donors (Lipinski definition) is 1. The molecule has 0 saturated carbocycles. The van der Waals surface area contributed by atoms with Crippen LogP contribution in [0.2, 0.25) is 0 Å². The molecule has 1 amide bonds. The van der Waals surface area contributed by atoms with Crippen LogP contribution >= 0.6 is 0 Å². The first-order valence-electron chi connectivity index (χ1n) is 6.02. The summed E-state index contributed by atoms with van der Waals surface area (Å²) in [5.74, 6) is -0.168. The Labute approximate surface area is 115 Å². The standard InChI is InChI=1S/C13H14FN5O/c1-3-6-15-12(20)8-19-17-13(16-18-19)10-4-5-11(14)9(2)7-10/h3-5,7H,1,6,8H2,2H3,(H,15,20). The summed E-state index contributed by atoms with van der Waals surface area (Å²) in [5.41, 5.74) is 1.16. The summed E-state index contributed by atoms with van der Waals surface area (Å²) < 4.78 is 13.2. The highest BCUT2D eigenvalue weighted by molar-refractivity contribution is 5.75. The van der Waals surface area contributed by atoms with E-state index in [1.165, 1.54) is 10.9 Å². The van der Waals surface area contributed by atoms with E-state index in [4.69, 9.17) is 0 Å². The molecular weight excluding hydrogens is 261 g/mol. The summed E-state index contributed by atoms with van der Waals surface area (Å²) in [6.45, 7) is 5.52. The van der Waals surface area contributed by atoms with Gasteiger partial charge in [0, 0.05) is 12.1 Å². The third kappa shape index (κ3) is 3.25. The molecule has 104 valence electrons. The third-order valence-corrected chi connectivity index (χ3v) is 2.60. The number of aryl methyl sites for hydroxylation is 1. The highest BCUT2D eigenvalue weighted by atomic mass is 19.1. The predicted molar refractivity (Wildman–Crippen MR) is 71.2 cm³/mol. The predicted octanol–water partition coefficient (Wildman–Crippen LogP) is 1.09. The number of halogens is 1. The van der Waals surface area contributed by atoms with Crippen LogP contribution in [0.25, 0.3) is 11.4 Å². The van der Waals surface area contributed by atoms with Crippen LogP contribution in [0.15, 0.2) is 30.9 Å². The molecule has 0 saturated heterocycles. The van der Waals surface area contributed by atoms with Gasteiger partial charge in [0.15, 0.2) is 0 Å². The van der Waals surface area contributed by atoms with Gasteiger partial charge in [0.05, 0.1) is 0 Å². The van der Waals surface area contributed by atoms with E-state index >= 15 is 0 Å². The molecule has 7 heteroatoms. The van der Waals surface area contributed by atoms with Gasteiger partial charge in [0.1, 0.15) is 12.4 Å². The number of aromatic nitrogens is 4. The summed E-state index contributed by atoms with van der Waals surface area (Å²) >= 11 is 0. The van der Waals surface area contributed by atoms with E-state index in [-0.39, 0.29) is 18.3 Å². The zero-order chi connectivity index (χ0) is 14.5. The maximum Gasteiger partial charge on any atom is 0.243 e. The van der Waals surface area contributed by atoms with Crippen molar-refractivity contribution < 1.29 is 9.18 Å². The zero-order valence-electron chi connectivity index (χ0n) is 11.0. The number of carbonyl (C=O) groups is 1. The van der Waals surface area contributed by atoms with Gasteiger partial charge in [-0.3, -0.25) is 4.79 Å². The lowest BCUT2D eigenvalue weighted by Gasteiger charge is -2.00. The summed E-state index contributed by atoms with van der Waals surface area (Å²) in [7, 11) is 0. The molecule has 0 atom stereocenters. The molecule has 1 aromatic heterocycles. The smallest absolute Gasteiger partial charge is 0.243 e. The number of rotatable bonds is 5. The highest BCUT2D eigenvalue weighted by Gasteiger charge is 2.10. The van der Waals surface area contributed by atoms with Crippen molar-refractivity contribution in [1.29, 1.82) is 0 Å². The van der Waals surface area contributed by atoms with Crippen LogP contribution in [0.4, 0.5) is 4.39 Å². The first-order valence-corrected chi connectivity index (χ1v) is 6.02. The largest absolute Gasteiger partial charge is 0.351 e. The normalized spacial score (nSPS) is 10.3. The van der Waals surface area contributed by atoms with Crippen LogP contribution in [0, 0.1) is 12.7 Å². The average molecular weight is 275 g/mol. The molecule has 1 N–H and O–H groups in total. The van der Waals surface area contributed by atoms with Crippen molar-refractivity contribution in [2.75, 3.05) is 6.54 Å². The summed E-state index contributed by atoms with van der Waals surface area (Å²) in [5, 5.41) is 14.3. The van der Waals surface area contributed by atoms with E-state index in [0.717, 1.165) is 0 Å². The van der Waals surface area contributed by atoms with Gasteiger partial charge in [0.2, 0.25) is 11.7 Å². The van der Waals surface area contributed by atoms with Crippen LogP contribution in [0.5, 0.6) is 0 Å². The Balaban J connectivity index is 2.10. The monoisotopic (exact) mass is 275 g/mol. The van der Waals surface area contributed by atoms with E-state index in [2.05, 4.69) is 27.3 Å². The molecular formula is C13H14FN5O. The molecule has 20 heavy (non-hydrogen) atoms. The zero-order valence-corrected chi connectivity index (χ0v) is 11.0. The lowest BCUT2D eigenvalue weighted by atomic mass is 10.1. The lowest BCUT2D eigenvalue weighted by Crippen LogP contribution is -2.28. The van der Waals surface area contributed by atoms with Gasteiger partial charge in [-0.25, -0.2) is 4.39 Å². The summed E-state index contributed by atoms with van der Waals surface area (Å²) in [4.78, 5) is 12.7. The molecule has 2 rings (SSSR count). The Kier molecular flexibility index (Phi) is 4.19. The number of hydrogen-bond acceptors (Lipinski definition) is 4.